The number of piperazine rings is 1. The van der Waals surface area contributed by atoms with Gasteiger partial charge in [0.2, 0.25) is 11.8 Å². The van der Waals surface area contributed by atoms with E-state index in [1.807, 2.05) is 28.8 Å². The van der Waals surface area contributed by atoms with E-state index in [2.05, 4.69) is 65.3 Å². The zero-order valence-corrected chi connectivity index (χ0v) is 32.7. The van der Waals surface area contributed by atoms with Crippen LogP contribution in [0.15, 0.2) is 55.1 Å². The number of para-hydroxylation sites is 1. The molecule has 0 radical (unpaired) electrons. The zero-order chi connectivity index (χ0) is 38.5. The summed E-state index contributed by atoms with van der Waals surface area (Å²) in [5.74, 6) is 2.09. The van der Waals surface area contributed by atoms with Gasteiger partial charge in [0.05, 0.1) is 40.9 Å². The van der Waals surface area contributed by atoms with Crippen LogP contribution in [-0.2, 0) is 14.3 Å². The molecule has 5 aliphatic rings. The van der Waals surface area contributed by atoms with Gasteiger partial charge in [0.15, 0.2) is 0 Å². The predicted octanol–water partition coefficient (Wildman–Crippen LogP) is 5.65. The van der Waals surface area contributed by atoms with Gasteiger partial charge in [-0.15, -0.1) is 0 Å². The van der Waals surface area contributed by atoms with Crippen molar-refractivity contribution in [3.63, 3.8) is 0 Å². The molecule has 2 N–H and O–H groups in total. The summed E-state index contributed by atoms with van der Waals surface area (Å²) in [6.07, 6.45) is 13.8. The summed E-state index contributed by atoms with van der Waals surface area (Å²) in [5, 5.41) is 11.3. The lowest BCUT2D eigenvalue weighted by Gasteiger charge is -2.39. The van der Waals surface area contributed by atoms with Gasteiger partial charge < -0.3 is 23.8 Å². The number of piperidine rings is 2. The second kappa shape index (κ2) is 15.0. The van der Waals surface area contributed by atoms with Crippen molar-refractivity contribution in [2.45, 2.75) is 95.0 Å². The fraction of sp³-hybridized carbons (Fsp3) is 0.535. The standard InChI is InChI=1S/C43H52N10O4/c1-43(15-16-43)57-31-9-10-33-32(23-31)40(49-48-33)34-24-38(45-26-44-34)52-21-19-50(20-22-52)25-28-5-7-29(8-6-28)56-30-13-17-51(18-14-30)35-3-2-4-36-41(35)46-27-53(36)37-11-12-39(54)47-42(37)55/h2-4,9-10,23-24,26-30,37H,5-8,11-22,25H2,1H3,(H,48,49)(H,47,54,55). The maximum atomic E-state index is 12.6. The molecule has 3 saturated heterocycles. The molecule has 10 rings (SSSR count). The van der Waals surface area contributed by atoms with Crippen molar-refractivity contribution in [2.24, 2.45) is 5.92 Å². The average molecular weight is 773 g/mol. The molecule has 57 heavy (non-hydrogen) atoms. The van der Waals surface area contributed by atoms with E-state index in [4.69, 9.17) is 14.5 Å². The molecular weight excluding hydrogens is 721 g/mol. The molecule has 5 fully saturated rings. The minimum Gasteiger partial charge on any atom is -0.488 e. The molecule has 6 heterocycles. The van der Waals surface area contributed by atoms with E-state index < -0.39 is 6.04 Å². The van der Waals surface area contributed by atoms with Crippen LogP contribution in [0.5, 0.6) is 5.75 Å². The molecule has 0 spiro atoms. The first kappa shape index (κ1) is 36.3. The lowest BCUT2D eigenvalue weighted by atomic mass is 9.86. The Morgan fingerprint density at radius 3 is 2.44 bits per heavy atom. The van der Waals surface area contributed by atoms with Crippen LogP contribution in [0.1, 0.15) is 77.2 Å². The van der Waals surface area contributed by atoms with Crippen molar-refractivity contribution in [2.75, 3.05) is 55.6 Å². The van der Waals surface area contributed by atoms with Crippen molar-refractivity contribution >= 4 is 45.3 Å². The molecule has 2 aromatic carbocycles. The van der Waals surface area contributed by atoms with Crippen LogP contribution < -0.4 is 19.9 Å². The number of rotatable bonds is 10. The van der Waals surface area contributed by atoms with Gasteiger partial charge in [0.25, 0.3) is 0 Å². The van der Waals surface area contributed by atoms with Crippen molar-refractivity contribution in [1.82, 2.24) is 39.9 Å². The highest BCUT2D eigenvalue weighted by molar-refractivity contribution is 6.00. The van der Waals surface area contributed by atoms with E-state index in [1.54, 1.807) is 12.7 Å². The summed E-state index contributed by atoms with van der Waals surface area (Å²) in [4.78, 5) is 45.7. The van der Waals surface area contributed by atoms with Crippen LogP contribution in [0.3, 0.4) is 0 Å². The maximum Gasteiger partial charge on any atom is 0.249 e. The van der Waals surface area contributed by atoms with Crippen LogP contribution in [0, 0.1) is 5.92 Å². The summed E-state index contributed by atoms with van der Waals surface area (Å²) < 4.78 is 14.9. The van der Waals surface area contributed by atoms with Crippen molar-refractivity contribution in [3.8, 4) is 17.1 Å². The lowest BCUT2D eigenvalue weighted by molar-refractivity contribution is -0.135. The highest BCUT2D eigenvalue weighted by Crippen LogP contribution is 2.41. The van der Waals surface area contributed by atoms with Gasteiger partial charge in [-0.25, -0.2) is 15.0 Å². The van der Waals surface area contributed by atoms with Crippen LogP contribution in [0.25, 0.3) is 33.3 Å². The Bertz CT molecular complexity index is 2260. The van der Waals surface area contributed by atoms with Gasteiger partial charge in [0, 0.05) is 63.7 Å². The smallest absolute Gasteiger partial charge is 0.249 e. The second-order valence-corrected chi connectivity index (χ2v) is 17.1. The number of fused-ring (bicyclic) bond motifs is 2. The van der Waals surface area contributed by atoms with Gasteiger partial charge in [-0.2, -0.15) is 5.10 Å². The Labute approximate surface area is 332 Å². The molecular formula is C43H52N10O4. The number of imidazole rings is 1. The Hall–Kier alpha value is -5.08. The molecule has 2 saturated carbocycles. The second-order valence-electron chi connectivity index (χ2n) is 17.1. The summed E-state index contributed by atoms with van der Waals surface area (Å²) in [6, 6.07) is 14.0. The molecule has 2 aliphatic carbocycles. The third kappa shape index (κ3) is 7.56. The van der Waals surface area contributed by atoms with Gasteiger partial charge in [-0.1, -0.05) is 6.07 Å². The van der Waals surface area contributed by atoms with Crippen LogP contribution in [0.2, 0.25) is 0 Å². The van der Waals surface area contributed by atoms with Gasteiger partial charge >= 0.3 is 0 Å². The molecule has 1 unspecified atom stereocenters. The number of aromatic amines is 1. The first-order valence-corrected chi connectivity index (χ1v) is 21.0. The maximum absolute atomic E-state index is 12.6. The third-order valence-electron chi connectivity index (χ3n) is 13.1. The highest BCUT2D eigenvalue weighted by atomic mass is 16.5. The number of aromatic nitrogens is 6. The number of hydrogen-bond donors (Lipinski definition) is 2. The van der Waals surface area contributed by atoms with E-state index >= 15 is 0 Å². The number of amides is 2. The quantitative estimate of drug-likeness (QED) is 0.170. The fourth-order valence-corrected chi connectivity index (χ4v) is 9.44. The van der Waals surface area contributed by atoms with E-state index in [0.29, 0.717) is 24.9 Å². The summed E-state index contributed by atoms with van der Waals surface area (Å²) in [7, 11) is 0. The number of nitrogens with zero attached hydrogens (tertiary/aromatic N) is 8. The monoisotopic (exact) mass is 772 g/mol. The van der Waals surface area contributed by atoms with Gasteiger partial charge in [-0.05, 0) is 101 Å². The zero-order valence-electron chi connectivity index (χ0n) is 32.7. The Balaban J connectivity index is 0.676. The molecule has 298 valence electrons. The Kier molecular flexibility index (Phi) is 9.56. The molecule has 14 nitrogen and oxygen atoms in total. The molecule has 14 heteroatoms. The van der Waals surface area contributed by atoms with E-state index in [-0.39, 0.29) is 23.5 Å². The van der Waals surface area contributed by atoms with Gasteiger partial charge in [0.1, 0.15) is 40.7 Å². The fourth-order valence-electron chi connectivity index (χ4n) is 9.44. The number of carbonyl (C=O) groups excluding carboxylic acids is 2. The van der Waals surface area contributed by atoms with Crippen molar-refractivity contribution < 1.29 is 19.1 Å². The summed E-state index contributed by atoms with van der Waals surface area (Å²) >= 11 is 0. The number of hydrogen-bond acceptors (Lipinski definition) is 11. The Morgan fingerprint density at radius 2 is 1.65 bits per heavy atom. The highest BCUT2D eigenvalue weighted by Gasteiger charge is 2.40. The van der Waals surface area contributed by atoms with Crippen LogP contribution in [-0.4, -0.2) is 110 Å². The number of anilines is 2. The number of ether oxygens (including phenoxy) is 2. The topological polar surface area (TPSA) is 147 Å². The molecule has 5 aromatic rings. The first-order chi connectivity index (χ1) is 27.8. The summed E-state index contributed by atoms with van der Waals surface area (Å²) in [5.41, 5.74) is 5.53. The summed E-state index contributed by atoms with van der Waals surface area (Å²) in [6.45, 7) is 9.11. The van der Waals surface area contributed by atoms with Crippen LogP contribution >= 0.6 is 0 Å². The molecule has 1 atom stereocenters. The largest absolute Gasteiger partial charge is 0.488 e. The van der Waals surface area contributed by atoms with E-state index in [0.717, 1.165) is 135 Å². The first-order valence-electron chi connectivity index (χ1n) is 21.0. The molecule has 2 amide bonds. The number of nitrogens with one attached hydrogen (secondary N) is 2. The normalized spacial score (nSPS) is 24.6. The number of carbonyl (C=O) groups is 2. The third-order valence-corrected chi connectivity index (χ3v) is 13.1. The van der Waals surface area contributed by atoms with Crippen molar-refractivity contribution in [1.29, 1.82) is 0 Å². The minimum atomic E-state index is -0.409. The minimum absolute atomic E-state index is 0.0357. The Morgan fingerprint density at radius 1 is 0.842 bits per heavy atom. The van der Waals surface area contributed by atoms with Crippen molar-refractivity contribution in [3.05, 3.63) is 55.1 Å². The lowest BCUT2D eigenvalue weighted by Crippen LogP contribution is -2.48. The average Bonchev–Trinajstić information content (AvgIpc) is 3.58. The SMILES string of the molecule is CC1(Oc2ccc3[nH]nc(-c4cc(N5CCN(CC6CCC(OC7CCN(c8cccc9c8ncn9C8CCC(=O)NC8=O)CC7)CC6)CC5)ncn4)c3c2)CC1. The van der Waals surface area contributed by atoms with Crippen LogP contribution in [0.4, 0.5) is 11.5 Å². The van der Waals surface area contributed by atoms with E-state index in [1.165, 1.54) is 12.8 Å². The number of benzene rings is 2. The molecule has 0 bridgehead atoms. The molecule has 3 aromatic heterocycles. The number of H-pyrrole nitrogens is 1. The predicted molar refractivity (Wildman–Crippen MR) is 217 cm³/mol. The van der Waals surface area contributed by atoms with Gasteiger partial charge in [-0.3, -0.25) is 24.9 Å². The van der Waals surface area contributed by atoms with E-state index in [9.17, 15) is 9.59 Å². The molecule has 3 aliphatic heterocycles. The number of imide groups is 1.